The van der Waals surface area contributed by atoms with Gasteiger partial charge in [-0.1, -0.05) is 41.9 Å². The van der Waals surface area contributed by atoms with Crippen LogP contribution in [0.2, 0.25) is 5.02 Å². The number of para-hydroxylation sites is 1. The fourth-order valence-corrected chi connectivity index (χ4v) is 2.31. The van der Waals surface area contributed by atoms with Crippen molar-refractivity contribution >= 4 is 17.5 Å². The maximum Gasteiger partial charge on any atom is 0.258 e. The smallest absolute Gasteiger partial charge is 0.258 e. The molecule has 2 rings (SSSR count). The van der Waals surface area contributed by atoms with Gasteiger partial charge in [0.2, 0.25) is 0 Å². The first-order valence-corrected chi connectivity index (χ1v) is 7.15. The Hall–Kier alpha value is -2.51. The van der Waals surface area contributed by atoms with Gasteiger partial charge >= 0.3 is 0 Å². The molecule has 0 aliphatic heterocycles. The summed E-state index contributed by atoms with van der Waals surface area (Å²) in [5, 5.41) is 12.4. The number of benzene rings is 2. The Kier molecular flexibility index (Phi) is 5.40. The number of rotatable bonds is 5. The van der Waals surface area contributed by atoms with E-state index in [1.54, 1.807) is 30.3 Å². The molecule has 22 heavy (non-hydrogen) atoms. The number of nitrogens with zero attached hydrogens (tertiary/aromatic N) is 1. The fourth-order valence-electron chi connectivity index (χ4n) is 2.02. The third-order valence-electron chi connectivity index (χ3n) is 3.12. The van der Waals surface area contributed by atoms with E-state index in [1.807, 2.05) is 31.2 Å². The number of nitrogens with one attached hydrogen (secondary N) is 1. The molecule has 4 nitrogen and oxygen atoms in total. The molecule has 0 spiro atoms. The second-order valence-corrected chi connectivity index (χ2v) is 5.11. The molecule has 0 aliphatic rings. The van der Waals surface area contributed by atoms with Gasteiger partial charge in [0.1, 0.15) is 11.8 Å². The second kappa shape index (κ2) is 7.48. The molecule has 112 valence electrons. The summed E-state index contributed by atoms with van der Waals surface area (Å²) in [4.78, 5) is 11.9. The number of halogens is 1. The summed E-state index contributed by atoms with van der Waals surface area (Å²) < 4.78 is 5.39. The molecule has 0 saturated carbocycles. The van der Waals surface area contributed by atoms with E-state index >= 15 is 0 Å². The minimum Gasteiger partial charge on any atom is -0.482 e. The molecule has 0 radical (unpaired) electrons. The predicted octanol–water partition coefficient (Wildman–Crippen LogP) is 3.47. The Balaban J connectivity index is 1.94. The van der Waals surface area contributed by atoms with Crippen LogP contribution >= 0.6 is 11.6 Å². The fraction of sp³-hybridized carbons (Fsp3) is 0.176. The monoisotopic (exact) mass is 314 g/mol. The summed E-state index contributed by atoms with van der Waals surface area (Å²) in [6, 6.07) is 15.9. The normalized spacial score (nSPS) is 11.3. The summed E-state index contributed by atoms with van der Waals surface area (Å²) >= 11 is 6.10. The van der Waals surface area contributed by atoms with Crippen LogP contribution in [0.1, 0.15) is 24.1 Å². The van der Waals surface area contributed by atoms with E-state index in [-0.39, 0.29) is 18.6 Å². The highest BCUT2D eigenvalue weighted by Crippen LogP contribution is 2.22. The lowest BCUT2D eigenvalue weighted by Crippen LogP contribution is -2.31. The van der Waals surface area contributed by atoms with Gasteiger partial charge in [-0.3, -0.25) is 4.79 Å². The summed E-state index contributed by atoms with van der Waals surface area (Å²) in [6.07, 6.45) is 0. The van der Waals surface area contributed by atoms with Crippen LogP contribution in [0.25, 0.3) is 0 Å². The summed E-state index contributed by atoms with van der Waals surface area (Å²) in [7, 11) is 0. The van der Waals surface area contributed by atoms with Gasteiger partial charge in [0, 0.05) is 5.02 Å². The number of carbonyl (C=O) groups excluding carboxylic acids is 1. The van der Waals surface area contributed by atoms with Gasteiger partial charge in [-0.25, -0.2) is 0 Å². The molecule has 1 atom stereocenters. The van der Waals surface area contributed by atoms with Gasteiger partial charge in [0.15, 0.2) is 6.61 Å². The SMILES string of the molecule is CC(NC(=O)COc1ccccc1C#N)c1ccccc1Cl. The van der Waals surface area contributed by atoms with Crippen LogP contribution in [0.5, 0.6) is 5.75 Å². The van der Waals surface area contributed by atoms with Crippen molar-refractivity contribution in [2.24, 2.45) is 0 Å². The maximum absolute atomic E-state index is 11.9. The van der Waals surface area contributed by atoms with Crippen molar-refractivity contribution in [1.29, 1.82) is 5.26 Å². The summed E-state index contributed by atoms with van der Waals surface area (Å²) in [5.41, 5.74) is 1.24. The Labute approximate surface area is 134 Å². The van der Waals surface area contributed by atoms with Crippen LogP contribution in [0.3, 0.4) is 0 Å². The molecule has 0 bridgehead atoms. The minimum atomic E-state index is -0.278. The van der Waals surface area contributed by atoms with Crippen LogP contribution in [0.15, 0.2) is 48.5 Å². The number of nitriles is 1. The molecule has 0 aromatic heterocycles. The molecule has 5 heteroatoms. The van der Waals surface area contributed by atoms with Gasteiger partial charge < -0.3 is 10.1 Å². The standard InChI is InChI=1S/C17H15ClN2O2/c1-12(14-7-3-4-8-15(14)18)20-17(21)11-22-16-9-5-2-6-13(16)10-19/h2-9,12H,11H2,1H3,(H,20,21). The molecule has 0 heterocycles. The zero-order valence-electron chi connectivity index (χ0n) is 12.0. The number of amides is 1. The lowest BCUT2D eigenvalue weighted by atomic mass is 10.1. The van der Waals surface area contributed by atoms with Crippen LogP contribution in [0.4, 0.5) is 0 Å². The van der Waals surface area contributed by atoms with Crippen molar-refractivity contribution in [3.8, 4) is 11.8 Å². The molecule has 1 N–H and O–H groups in total. The third-order valence-corrected chi connectivity index (χ3v) is 3.46. The highest BCUT2D eigenvalue weighted by Gasteiger charge is 2.13. The van der Waals surface area contributed by atoms with Gasteiger partial charge in [-0.2, -0.15) is 5.26 Å². The highest BCUT2D eigenvalue weighted by molar-refractivity contribution is 6.31. The van der Waals surface area contributed by atoms with E-state index in [2.05, 4.69) is 5.32 Å². The molecule has 1 amide bonds. The van der Waals surface area contributed by atoms with Crippen molar-refractivity contribution in [3.05, 3.63) is 64.7 Å². The second-order valence-electron chi connectivity index (χ2n) is 4.71. The van der Waals surface area contributed by atoms with E-state index in [9.17, 15) is 4.79 Å². The van der Waals surface area contributed by atoms with Gasteiger partial charge in [0.25, 0.3) is 5.91 Å². The van der Waals surface area contributed by atoms with Crippen molar-refractivity contribution < 1.29 is 9.53 Å². The molecule has 1 unspecified atom stereocenters. The number of hydrogen-bond acceptors (Lipinski definition) is 3. The first kappa shape index (κ1) is 15.9. The third kappa shape index (κ3) is 4.00. The molecule has 2 aromatic rings. The van der Waals surface area contributed by atoms with E-state index in [1.165, 1.54) is 0 Å². The summed E-state index contributed by atoms with van der Waals surface area (Å²) in [5.74, 6) is 0.116. The van der Waals surface area contributed by atoms with E-state index in [4.69, 9.17) is 21.6 Å². The van der Waals surface area contributed by atoms with E-state index < -0.39 is 0 Å². The maximum atomic E-state index is 11.9. The zero-order chi connectivity index (χ0) is 15.9. The van der Waals surface area contributed by atoms with Crippen LogP contribution < -0.4 is 10.1 Å². The lowest BCUT2D eigenvalue weighted by molar-refractivity contribution is -0.123. The average molecular weight is 315 g/mol. The zero-order valence-corrected chi connectivity index (χ0v) is 12.8. The molecule has 0 aliphatic carbocycles. The first-order valence-electron chi connectivity index (χ1n) is 6.77. The van der Waals surface area contributed by atoms with Gasteiger partial charge in [-0.05, 0) is 30.7 Å². The predicted molar refractivity (Wildman–Crippen MR) is 84.7 cm³/mol. The number of hydrogen-bond donors (Lipinski definition) is 1. The first-order chi connectivity index (χ1) is 10.6. The van der Waals surface area contributed by atoms with Crippen LogP contribution in [-0.2, 0) is 4.79 Å². The Morgan fingerprint density at radius 1 is 1.27 bits per heavy atom. The molecule has 0 saturated heterocycles. The van der Waals surface area contributed by atoms with Crippen LogP contribution in [0, 0.1) is 11.3 Å². The van der Waals surface area contributed by atoms with E-state index in [0.29, 0.717) is 16.3 Å². The van der Waals surface area contributed by atoms with Crippen LogP contribution in [-0.4, -0.2) is 12.5 Å². The Morgan fingerprint density at radius 3 is 2.68 bits per heavy atom. The molecule has 0 fully saturated rings. The van der Waals surface area contributed by atoms with Gasteiger partial charge in [0.05, 0.1) is 11.6 Å². The number of carbonyl (C=O) groups is 1. The quantitative estimate of drug-likeness (QED) is 0.919. The largest absolute Gasteiger partial charge is 0.482 e. The average Bonchev–Trinajstić information content (AvgIpc) is 2.53. The van der Waals surface area contributed by atoms with Crippen molar-refractivity contribution in [2.45, 2.75) is 13.0 Å². The van der Waals surface area contributed by atoms with Crippen molar-refractivity contribution in [3.63, 3.8) is 0 Å². The molecular formula is C17H15ClN2O2. The van der Waals surface area contributed by atoms with Crippen molar-refractivity contribution in [1.82, 2.24) is 5.32 Å². The Morgan fingerprint density at radius 2 is 1.95 bits per heavy atom. The molecular weight excluding hydrogens is 300 g/mol. The lowest BCUT2D eigenvalue weighted by Gasteiger charge is -2.16. The van der Waals surface area contributed by atoms with Crippen molar-refractivity contribution in [2.75, 3.05) is 6.61 Å². The highest BCUT2D eigenvalue weighted by atomic mass is 35.5. The van der Waals surface area contributed by atoms with Gasteiger partial charge in [-0.15, -0.1) is 0 Å². The Bertz CT molecular complexity index is 710. The molecule has 2 aromatic carbocycles. The minimum absolute atomic E-state index is 0.159. The summed E-state index contributed by atoms with van der Waals surface area (Å²) in [6.45, 7) is 1.69. The van der Waals surface area contributed by atoms with E-state index in [0.717, 1.165) is 5.56 Å². The number of ether oxygens (including phenoxy) is 1. The topological polar surface area (TPSA) is 62.1 Å².